The van der Waals surface area contributed by atoms with Gasteiger partial charge in [-0.3, -0.25) is 4.79 Å². The molecule has 0 saturated carbocycles. The standard InChI is InChI=1S/C11H7FINO2/c12-7-3-4-9(8(13)6-7)14-11(15)10-2-1-5-16-10/h1-6H,(H,14,15). The Balaban J connectivity index is 2.18. The average Bonchev–Trinajstić information content (AvgIpc) is 2.75. The van der Waals surface area contributed by atoms with E-state index in [-0.39, 0.29) is 17.5 Å². The van der Waals surface area contributed by atoms with Crippen molar-refractivity contribution in [3.8, 4) is 0 Å². The van der Waals surface area contributed by atoms with E-state index in [0.717, 1.165) is 0 Å². The highest BCUT2D eigenvalue weighted by molar-refractivity contribution is 14.1. The molecule has 1 heterocycles. The summed E-state index contributed by atoms with van der Waals surface area (Å²) in [5.41, 5.74) is 0.559. The lowest BCUT2D eigenvalue weighted by molar-refractivity contribution is 0.0996. The van der Waals surface area contributed by atoms with Gasteiger partial charge in [0.25, 0.3) is 5.91 Å². The second-order valence-corrected chi connectivity index (χ2v) is 4.22. The molecule has 1 aromatic carbocycles. The van der Waals surface area contributed by atoms with E-state index in [1.165, 1.54) is 24.5 Å². The highest BCUT2D eigenvalue weighted by Gasteiger charge is 2.10. The Bertz CT molecular complexity index is 511. The maximum atomic E-state index is 12.8. The van der Waals surface area contributed by atoms with E-state index in [1.54, 1.807) is 12.1 Å². The van der Waals surface area contributed by atoms with E-state index in [2.05, 4.69) is 5.32 Å². The normalized spacial score (nSPS) is 10.1. The highest BCUT2D eigenvalue weighted by Crippen LogP contribution is 2.19. The summed E-state index contributed by atoms with van der Waals surface area (Å²) >= 11 is 1.95. The van der Waals surface area contributed by atoms with Crippen LogP contribution >= 0.6 is 22.6 Å². The van der Waals surface area contributed by atoms with E-state index >= 15 is 0 Å². The Labute approximate surface area is 105 Å². The minimum atomic E-state index is -0.352. The maximum Gasteiger partial charge on any atom is 0.291 e. The van der Waals surface area contributed by atoms with Crippen molar-refractivity contribution in [3.05, 3.63) is 51.7 Å². The molecule has 82 valence electrons. The number of hydrogen-bond acceptors (Lipinski definition) is 2. The molecule has 5 heteroatoms. The third kappa shape index (κ3) is 2.41. The fraction of sp³-hybridized carbons (Fsp3) is 0. The zero-order valence-electron chi connectivity index (χ0n) is 8.04. The molecule has 0 fully saturated rings. The summed E-state index contributed by atoms with van der Waals surface area (Å²) < 4.78 is 18.4. The van der Waals surface area contributed by atoms with Crippen molar-refractivity contribution in [1.82, 2.24) is 0 Å². The van der Waals surface area contributed by atoms with Gasteiger partial charge in [0, 0.05) is 3.57 Å². The number of carbonyl (C=O) groups excluding carboxylic acids is 1. The van der Waals surface area contributed by atoms with Gasteiger partial charge in [-0.05, 0) is 52.9 Å². The summed E-state index contributed by atoms with van der Waals surface area (Å²) in [4.78, 5) is 11.6. The summed E-state index contributed by atoms with van der Waals surface area (Å²) in [6.07, 6.45) is 1.42. The second-order valence-electron chi connectivity index (χ2n) is 3.06. The van der Waals surface area contributed by atoms with Gasteiger partial charge in [-0.2, -0.15) is 0 Å². The lowest BCUT2D eigenvalue weighted by Gasteiger charge is -2.05. The van der Waals surface area contributed by atoms with E-state index < -0.39 is 0 Å². The molecule has 0 saturated heterocycles. The first-order chi connectivity index (χ1) is 7.66. The van der Waals surface area contributed by atoms with E-state index in [0.29, 0.717) is 9.26 Å². The van der Waals surface area contributed by atoms with Crippen molar-refractivity contribution in [1.29, 1.82) is 0 Å². The van der Waals surface area contributed by atoms with Gasteiger partial charge in [0.1, 0.15) is 5.82 Å². The van der Waals surface area contributed by atoms with Crippen LogP contribution in [0.3, 0.4) is 0 Å². The quantitative estimate of drug-likeness (QED) is 0.859. The van der Waals surface area contributed by atoms with Gasteiger partial charge < -0.3 is 9.73 Å². The summed E-state index contributed by atoms with van der Waals surface area (Å²) in [6.45, 7) is 0. The largest absolute Gasteiger partial charge is 0.459 e. The SMILES string of the molecule is O=C(Nc1ccc(F)cc1I)c1ccco1. The molecule has 3 nitrogen and oxygen atoms in total. The molecule has 2 aromatic rings. The van der Waals surface area contributed by atoms with Crippen LogP contribution in [0, 0.1) is 9.39 Å². The molecule has 0 aliphatic rings. The molecule has 1 aromatic heterocycles. The summed E-state index contributed by atoms with van der Waals surface area (Å²) in [5, 5.41) is 2.63. The Hall–Kier alpha value is -1.37. The van der Waals surface area contributed by atoms with Gasteiger partial charge in [0.05, 0.1) is 12.0 Å². The Morgan fingerprint density at radius 1 is 1.38 bits per heavy atom. The van der Waals surface area contributed by atoms with Gasteiger partial charge in [-0.15, -0.1) is 0 Å². The third-order valence-corrected chi connectivity index (χ3v) is 2.82. The molecule has 1 N–H and O–H groups in total. The number of furan rings is 1. The lowest BCUT2D eigenvalue weighted by Crippen LogP contribution is -2.11. The topological polar surface area (TPSA) is 42.2 Å². The van der Waals surface area contributed by atoms with Crippen molar-refractivity contribution in [2.75, 3.05) is 5.32 Å². The van der Waals surface area contributed by atoms with Crippen molar-refractivity contribution in [3.63, 3.8) is 0 Å². The van der Waals surface area contributed by atoms with Gasteiger partial charge in [0.2, 0.25) is 0 Å². The molecule has 0 aliphatic carbocycles. The van der Waals surface area contributed by atoms with Crippen LogP contribution in [0.5, 0.6) is 0 Å². The highest BCUT2D eigenvalue weighted by atomic mass is 127. The first kappa shape index (κ1) is 11.1. The Morgan fingerprint density at radius 2 is 2.19 bits per heavy atom. The summed E-state index contributed by atoms with van der Waals surface area (Å²) in [7, 11) is 0. The monoisotopic (exact) mass is 331 g/mol. The van der Waals surface area contributed by atoms with Crippen LogP contribution < -0.4 is 5.32 Å². The van der Waals surface area contributed by atoms with Gasteiger partial charge in [-0.25, -0.2) is 4.39 Å². The molecule has 0 bridgehead atoms. The number of nitrogens with one attached hydrogen (secondary N) is 1. The van der Waals surface area contributed by atoms with E-state index in [9.17, 15) is 9.18 Å². The van der Waals surface area contributed by atoms with Crippen LogP contribution in [-0.4, -0.2) is 5.91 Å². The predicted octanol–water partition coefficient (Wildman–Crippen LogP) is 3.28. The van der Waals surface area contributed by atoms with Crippen LogP contribution in [-0.2, 0) is 0 Å². The molecular weight excluding hydrogens is 324 g/mol. The molecule has 0 radical (unpaired) electrons. The number of hydrogen-bond donors (Lipinski definition) is 1. The first-order valence-electron chi connectivity index (χ1n) is 4.47. The Kier molecular flexibility index (Phi) is 3.23. The van der Waals surface area contributed by atoms with Crippen molar-refractivity contribution >= 4 is 34.2 Å². The molecule has 0 aliphatic heterocycles. The van der Waals surface area contributed by atoms with Crippen LogP contribution in [0.4, 0.5) is 10.1 Å². The zero-order chi connectivity index (χ0) is 11.5. The average molecular weight is 331 g/mol. The van der Waals surface area contributed by atoms with Crippen molar-refractivity contribution < 1.29 is 13.6 Å². The maximum absolute atomic E-state index is 12.8. The number of anilines is 1. The minimum absolute atomic E-state index is 0.222. The smallest absolute Gasteiger partial charge is 0.291 e. The molecule has 0 unspecified atom stereocenters. The summed E-state index contributed by atoms with van der Waals surface area (Å²) in [6, 6.07) is 7.34. The number of benzene rings is 1. The first-order valence-corrected chi connectivity index (χ1v) is 5.54. The molecule has 0 spiro atoms. The van der Waals surface area contributed by atoms with Crippen LogP contribution in [0.1, 0.15) is 10.6 Å². The van der Waals surface area contributed by atoms with E-state index in [1.807, 2.05) is 22.6 Å². The third-order valence-electron chi connectivity index (χ3n) is 1.92. The molecule has 1 amide bonds. The zero-order valence-corrected chi connectivity index (χ0v) is 10.2. The molecule has 16 heavy (non-hydrogen) atoms. The molecular formula is C11H7FINO2. The fourth-order valence-electron chi connectivity index (χ4n) is 1.18. The fourth-order valence-corrected chi connectivity index (χ4v) is 1.79. The van der Waals surface area contributed by atoms with Crippen LogP contribution in [0.25, 0.3) is 0 Å². The Morgan fingerprint density at radius 3 is 2.81 bits per heavy atom. The van der Waals surface area contributed by atoms with Gasteiger partial charge in [-0.1, -0.05) is 0 Å². The number of amides is 1. The number of carbonyl (C=O) groups is 1. The lowest BCUT2D eigenvalue weighted by atomic mass is 10.3. The number of halogens is 2. The predicted molar refractivity (Wildman–Crippen MR) is 65.8 cm³/mol. The minimum Gasteiger partial charge on any atom is -0.459 e. The van der Waals surface area contributed by atoms with Crippen LogP contribution in [0.2, 0.25) is 0 Å². The summed E-state index contributed by atoms with van der Waals surface area (Å²) in [5.74, 6) is -0.463. The second kappa shape index (κ2) is 4.65. The van der Waals surface area contributed by atoms with Crippen LogP contribution in [0.15, 0.2) is 41.0 Å². The van der Waals surface area contributed by atoms with Gasteiger partial charge >= 0.3 is 0 Å². The van der Waals surface area contributed by atoms with Crippen molar-refractivity contribution in [2.24, 2.45) is 0 Å². The molecule has 0 atom stereocenters. The van der Waals surface area contributed by atoms with E-state index in [4.69, 9.17) is 4.42 Å². The van der Waals surface area contributed by atoms with Crippen molar-refractivity contribution in [2.45, 2.75) is 0 Å². The van der Waals surface area contributed by atoms with Gasteiger partial charge in [0.15, 0.2) is 5.76 Å². The number of rotatable bonds is 2. The molecule has 2 rings (SSSR count).